The highest BCUT2D eigenvalue weighted by molar-refractivity contribution is 5.60. The van der Waals surface area contributed by atoms with Crippen LogP contribution < -0.4 is 5.32 Å². The minimum atomic E-state index is 0.282. The van der Waals surface area contributed by atoms with Gasteiger partial charge < -0.3 is 10.4 Å². The summed E-state index contributed by atoms with van der Waals surface area (Å²) in [7, 11) is 0. The summed E-state index contributed by atoms with van der Waals surface area (Å²) >= 11 is 0. The Morgan fingerprint density at radius 3 is 2.33 bits per heavy atom. The molecule has 2 aromatic rings. The fraction of sp³-hybridized carbons (Fsp3) is 0.0769. The molecule has 0 spiro atoms. The normalized spacial score (nSPS) is 9.93. The number of hydrogen-bond donors (Lipinski definition) is 2. The lowest BCUT2D eigenvalue weighted by Crippen LogP contribution is -1.89. The van der Waals surface area contributed by atoms with Crippen LogP contribution in [0.15, 0.2) is 48.5 Å². The van der Waals surface area contributed by atoms with Crippen molar-refractivity contribution in [3.63, 3.8) is 0 Å². The summed E-state index contributed by atoms with van der Waals surface area (Å²) in [4.78, 5) is 0. The van der Waals surface area contributed by atoms with E-state index in [0.717, 1.165) is 11.4 Å². The minimum Gasteiger partial charge on any atom is -0.508 e. The van der Waals surface area contributed by atoms with E-state index in [1.54, 1.807) is 12.1 Å². The van der Waals surface area contributed by atoms with Gasteiger partial charge in [0.1, 0.15) is 5.75 Å². The molecule has 0 radical (unpaired) electrons. The van der Waals surface area contributed by atoms with Gasteiger partial charge in [-0.25, -0.2) is 0 Å². The van der Waals surface area contributed by atoms with Crippen molar-refractivity contribution in [2.24, 2.45) is 0 Å². The van der Waals surface area contributed by atoms with Crippen molar-refractivity contribution in [3.05, 3.63) is 54.1 Å². The molecule has 0 saturated heterocycles. The van der Waals surface area contributed by atoms with Gasteiger partial charge in [-0.05, 0) is 48.9 Å². The van der Waals surface area contributed by atoms with E-state index in [2.05, 4.69) is 24.4 Å². The second-order valence-corrected chi connectivity index (χ2v) is 3.54. The molecule has 0 aliphatic heterocycles. The van der Waals surface area contributed by atoms with Crippen molar-refractivity contribution in [1.82, 2.24) is 0 Å². The number of aryl methyl sites for hydroxylation is 1. The molecule has 76 valence electrons. The summed E-state index contributed by atoms with van der Waals surface area (Å²) in [6, 6.07) is 15.2. The molecule has 2 rings (SSSR count). The first-order chi connectivity index (χ1) is 7.24. The number of benzene rings is 2. The number of anilines is 2. The zero-order valence-electron chi connectivity index (χ0n) is 8.57. The van der Waals surface area contributed by atoms with Crippen LogP contribution in [0.25, 0.3) is 0 Å². The first-order valence-electron chi connectivity index (χ1n) is 4.87. The Labute approximate surface area is 89.2 Å². The summed E-state index contributed by atoms with van der Waals surface area (Å²) in [5, 5.41) is 12.4. The van der Waals surface area contributed by atoms with Gasteiger partial charge in [0.2, 0.25) is 0 Å². The average Bonchev–Trinajstić information content (AvgIpc) is 2.22. The largest absolute Gasteiger partial charge is 0.508 e. The standard InChI is InChI=1S/C13H13NO/c1-10-3-2-4-12(9-10)14-11-5-7-13(15)8-6-11/h2-9,14-15H,1H3. The Kier molecular flexibility index (Phi) is 2.59. The Bertz CT molecular complexity index is 448. The molecule has 2 N–H and O–H groups in total. The highest BCUT2D eigenvalue weighted by Crippen LogP contribution is 2.19. The molecule has 0 heterocycles. The van der Waals surface area contributed by atoms with Gasteiger partial charge in [-0.1, -0.05) is 12.1 Å². The summed E-state index contributed by atoms with van der Waals surface area (Å²) in [6.07, 6.45) is 0. The van der Waals surface area contributed by atoms with Crippen molar-refractivity contribution in [1.29, 1.82) is 0 Å². The molecule has 0 fully saturated rings. The summed E-state index contributed by atoms with van der Waals surface area (Å²) in [5.74, 6) is 0.282. The van der Waals surface area contributed by atoms with Gasteiger partial charge in [0.05, 0.1) is 0 Å². The third kappa shape index (κ3) is 2.50. The molecule has 2 aromatic carbocycles. The monoisotopic (exact) mass is 199 g/mol. The van der Waals surface area contributed by atoms with E-state index in [0.29, 0.717) is 0 Å². The quantitative estimate of drug-likeness (QED) is 0.726. The molecule has 0 unspecified atom stereocenters. The summed E-state index contributed by atoms with van der Waals surface area (Å²) in [6.45, 7) is 2.06. The van der Waals surface area contributed by atoms with Crippen molar-refractivity contribution >= 4 is 11.4 Å². The van der Waals surface area contributed by atoms with Crippen molar-refractivity contribution < 1.29 is 5.11 Å². The first-order valence-corrected chi connectivity index (χ1v) is 4.87. The number of nitrogens with one attached hydrogen (secondary N) is 1. The Hall–Kier alpha value is -1.96. The van der Waals surface area contributed by atoms with Crippen LogP contribution in [0.2, 0.25) is 0 Å². The molecule has 2 heteroatoms. The number of phenolic OH excluding ortho intramolecular Hbond substituents is 1. The van der Waals surface area contributed by atoms with E-state index in [9.17, 15) is 0 Å². The van der Waals surface area contributed by atoms with E-state index < -0.39 is 0 Å². The van der Waals surface area contributed by atoms with E-state index in [1.165, 1.54) is 5.56 Å². The fourth-order valence-electron chi connectivity index (χ4n) is 1.43. The van der Waals surface area contributed by atoms with Crippen LogP contribution >= 0.6 is 0 Å². The van der Waals surface area contributed by atoms with Gasteiger partial charge in [-0.2, -0.15) is 0 Å². The van der Waals surface area contributed by atoms with Crippen molar-refractivity contribution in [2.75, 3.05) is 5.32 Å². The topological polar surface area (TPSA) is 32.3 Å². The third-order valence-corrected chi connectivity index (χ3v) is 2.17. The van der Waals surface area contributed by atoms with Gasteiger partial charge >= 0.3 is 0 Å². The average molecular weight is 199 g/mol. The lowest BCUT2D eigenvalue weighted by atomic mass is 10.2. The van der Waals surface area contributed by atoms with E-state index in [1.807, 2.05) is 24.3 Å². The summed E-state index contributed by atoms with van der Waals surface area (Å²) < 4.78 is 0. The van der Waals surface area contributed by atoms with Gasteiger partial charge in [-0.3, -0.25) is 0 Å². The molecule has 15 heavy (non-hydrogen) atoms. The van der Waals surface area contributed by atoms with Crippen molar-refractivity contribution in [2.45, 2.75) is 6.92 Å². The van der Waals surface area contributed by atoms with E-state index >= 15 is 0 Å². The summed E-state index contributed by atoms with van der Waals surface area (Å²) in [5.41, 5.74) is 3.25. The molecule has 0 bridgehead atoms. The maximum Gasteiger partial charge on any atom is 0.115 e. The Balaban J connectivity index is 2.18. The lowest BCUT2D eigenvalue weighted by molar-refractivity contribution is 0.475. The molecule has 0 aliphatic carbocycles. The highest BCUT2D eigenvalue weighted by Gasteiger charge is 1.94. The second kappa shape index (κ2) is 4.05. The SMILES string of the molecule is Cc1cccc(Nc2ccc(O)cc2)c1. The predicted molar refractivity (Wildman–Crippen MR) is 62.6 cm³/mol. The van der Waals surface area contributed by atoms with Gasteiger partial charge in [0.25, 0.3) is 0 Å². The Morgan fingerprint density at radius 2 is 1.67 bits per heavy atom. The van der Waals surface area contributed by atoms with Gasteiger partial charge in [0, 0.05) is 11.4 Å². The van der Waals surface area contributed by atoms with Crippen LogP contribution in [0.4, 0.5) is 11.4 Å². The fourth-order valence-corrected chi connectivity index (χ4v) is 1.43. The number of phenols is 1. The predicted octanol–water partition coefficient (Wildman–Crippen LogP) is 3.44. The minimum absolute atomic E-state index is 0.282. The van der Waals surface area contributed by atoms with E-state index in [4.69, 9.17) is 5.11 Å². The van der Waals surface area contributed by atoms with Crippen LogP contribution in [-0.2, 0) is 0 Å². The van der Waals surface area contributed by atoms with E-state index in [-0.39, 0.29) is 5.75 Å². The number of hydrogen-bond acceptors (Lipinski definition) is 2. The van der Waals surface area contributed by atoms with Crippen LogP contribution in [0.1, 0.15) is 5.56 Å². The maximum atomic E-state index is 9.14. The Morgan fingerprint density at radius 1 is 0.933 bits per heavy atom. The lowest BCUT2D eigenvalue weighted by Gasteiger charge is -2.06. The smallest absolute Gasteiger partial charge is 0.115 e. The zero-order chi connectivity index (χ0) is 10.7. The van der Waals surface area contributed by atoms with Crippen LogP contribution in [0, 0.1) is 6.92 Å². The second-order valence-electron chi connectivity index (χ2n) is 3.54. The third-order valence-electron chi connectivity index (χ3n) is 2.17. The highest BCUT2D eigenvalue weighted by atomic mass is 16.3. The van der Waals surface area contributed by atoms with Crippen LogP contribution in [-0.4, -0.2) is 5.11 Å². The molecule has 0 amide bonds. The molecule has 0 aromatic heterocycles. The molecule has 2 nitrogen and oxygen atoms in total. The van der Waals surface area contributed by atoms with Crippen LogP contribution in [0.5, 0.6) is 5.75 Å². The molecule has 0 atom stereocenters. The van der Waals surface area contributed by atoms with Crippen molar-refractivity contribution in [3.8, 4) is 5.75 Å². The molecular formula is C13H13NO. The zero-order valence-corrected chi connectivity index (χ0v) is 8.57. The number of rotatable bonds is 2. The molecular weight excluding hydrogens is 186 g/mol. The van der Waals surface area contributed by atoms with Crippen LogP contribution in [0.3, 0.4) is 0 Å². The molecule has 0 aliphatic rings. The van der Waals surface area contributed by atoms with Gasteiger partial charge in [-0.15, -0.1) is 0 Å². The first kappa shape index (κ1) is 9.59. The maximum absolute atomic E-state index is 9.14. The molecule has 0 saturated carbocycles. The van der Waals surface area contributed by atoms with Gasteiger partial charge in [0.15, 0.2) is 0 Å². The number of aromatic hydroxyl groups is 1.